The van der Waals surface area contributed by atoms with Gasteiger partial charge in [-0.25, -0.2) is 9.97 Å². The normalized spacial score (nSPS) is 11.4. The standard InChI is InChI=1S/C27H24F3N5O3/c1-16(2)26(37)33-13-17-6-8-21(27(28,29)30)20(11-17)25-34-22(12-23(36)35-25)18-7-9-24(32-14-18)38-15-19-5-3-4-10-31-19/h3-12,14,16H,13,15H2,1-2H3,(H,33,37)(H,34,35,36). The average Bonchev–Trinajstić information content (AvgIpc) is 2.90. The largest absolute Gasteiger partial charge is 0.471 e. The van der Waals surface area contributed by atoms with E-state index in [0.717, 1.165) is 6.07 Å². The molecule has 0 unspecified atom stereocenters. The van der Waals surface area contributed by atoms with Crippen LogP contribution in [0.5, 0.6) is 5.88 Å². The molecule has 4 aromatic rings. The van der Waals surface area contributed by atoms with Gasteiger partial charge in [-0.05, 0) is 35.9 Å². The Hall–Kier alpha value is -4.54. The number of rotatable bonds is 8. The van der Waals surface area contributed by atoms with Gasteiger partial charge in [0.2, 0.25) is 11.8 Å². The van der Waals surface area contributed by atoms with Crippen LogP contribution >= 0.6 is 0 Å². The number of hydrogen-bond donors (Lipinski definition) is 2. The van der Waals surface area contributed by atoms with Gasteiger partial charge in [-0.3, -0.25) is 14.6 Å². The van der Waals surface area contributed by atoms with Gasteiger partial charge in [0, 0.05) is 48.1 Å². The Labute approximate surface area is 216 Å². The number of nitrogens with one attached hydrogen (secondary N) is 2. The molecule has 0 saturated carbocycles. The smallest absolute Gasteiger partial charge is 0.417 e. The lowest BCUT2D eigenvalue weighted by Gasteiger charge is -2.15. The van der Waals surface area contributed by atoms with Crippen LogP contribution in [0, 0.1) is 5.92 Å². The van der Waals surface area contributed by atoms with E-state index in [9.17, 15) is 22.8 Å². The topological polar surface area (TPSA) is 110 Å². The molecule has 4 rings (SSSR count). The Morgan fingerprint density at radius 1 is 1.08 bits per heavy atom. The third-order valence-electron chi connectivity index (χ3n) is 5.50. The van der Waals surface area contributed by atoms with E-state index >= 15 is 0 Å². The van der Waals surface area contributed by atoms with Crippen LogP contribution in [0.2, 0.25) is 0 Å². The zero-order chi connectivity index (χ0) is 27.3. The van der Waals surface area contributed by atoms with Crippen molar-refractivity contribution in [3.05, 3.63) is 94.2 Å². The van der Waals surface area contributed by atoms with Crippen LogP contribution in [0.3, 0.4) is 0 Å². The third-order valence-corrected chi connectivity index (χ3v) is 5.50. The summed E-state index contributed by atoms with van der Waals surface area (Å²) in [6.07, 6.45) is -1.63. The lowest BCUT2D eigenvalue weighted by molar-refractivity contribution is -0.137. The molecule has 3 heterocycles. The van der Waals surface area contributed by atoms with Crippen LogP contribution in [-0.2, 0) is 24.1 Å². The second-order valence-electron chi connectivity index (χ2n) is 8.72. The van der Waals surface area contributed by atoms with Crippen LogP contribution in [0.15, 0.2) is 71.8 Å². The maximum atomic E-state index is 13.8. The monoisotopic (exact) mass is 523 g/mol. The molecule has 0 aliphatic carbocycles. The van der Waals surface area contributed by atoms with Crippen LogP contribution < -0.4 is 15.6 Å². The maximum absolute atomic E-state index is 13.8. The number of ether oxygens (including phenoxy) is 1. The summed E-state index contributed by atoms with van der Waals surface area (Å²) >= 11 is 0. The second-order valence-corrected chi connectivity index (χ2v) is 8.72. The highest BCUT2D eigenvalue weighted by molar-refractivity contribution is 5.78. The molecule has 0 aliphatic heterocycles. The summed E-state index contributed by atoms with van der Waals surface area (Å²) < 4.78 is 47.1. The molecule has 0 fully saturated rings. The number of carbonyl (C=O) groups excluding carboxylic acids is 1. The first kappa shape index (κ1) is 26.5. The zero-order valence-corrected chi connectivity index (χ0v) is 20.5. The minimum atomic E-state index is -4.70. The number of aromatic amines is 1. The number of nitrogens with zero attached hydrogens (tertiary/aromatic N) is 3. The first-order valence-electron chi connectivity index (χ1n) is 11.7. The molecular weight excluding hydrogens is 499 g/mol. The molecule has 3 aromatic heterocycles. The fourth-order valence-electron chi connectivity index (χ4n) is 3.52. The van der Waals surface area contributed by atoms with Crippen LogP contribution in [0.25, 0.3) is 22.6 Å². The number of carbonyl (C=O) groups is 1. The Bertz CT molecular complexity index is 1470. The van der Waals surface area contributed by atoms with Gasteiger partial charge in [0.15, 0.2) is 0 Å². The van der Waals surface area contributed by atoms with E-state index in [4.69, 9.17) is 4.74 Å². The Balaban J connectivity index is 1.63. The fraction of sp³-hybridized carbons (Fsp3) is 0.222. The molecule has 8 nitrogen and oxygen atoms in total. The Morgan fingerprint density at radius 3 is 2.55 bits per heavy atom. The van der Waals surface area contributed by atoms with E-state index in [-0.39, 0.29) is 42.1 Å². The highest BCUT2D eigenvalue weighted by Crippen LogP contribution is 2.36. The molecule has 38 heavy (non-hydrogen) atoms. The molecule has 0 spiro atoms. The summed E-state index contributed by atoms with van der Waals surface area (Å²) in [4.78, 5) is 39.4. The first-order valence-corrected chi connectivity index (χ1v) is 11.7. The summed E-state index contributed by atoms with van der Waals surface area (Å²) in [7, 11) is 0. The average molecular weight is 524 g/mol. The van der Waals surface area contributed by atoms with Crippen molar-refractivity contribution in [1.82, 2.24) is 25.3 Å². The first-order chi connectivity index (χ1) is 18.1. The molecule has 1 aromatic carbocycles. The van der Waals surface area contributed by atoms with Crippen LogP contribution in [-0.4, -0.2) is 25.8 Å². The quantitative estimate of drug-likeness (QED) is 0.345. The molecule has 0 saturated heterocycles. The number of alkyl halides is 3. The molecule has 0 aliphatic rings. The van der Waals surface area contributed by atoms with E-state index in [1.807, 2.05) is 6.07 Å². The predicted octanol–water partition coefficient (Wildman–Crippen LogP) is 4.76. The number of pyridine rings is 2. The van der Waals surface area contributed by atoms with E-state index in [1.54, 1.807) is 44.3 Å². The summed E-state index contributed by atoms with van der Waals surface area (Å²) in [6.45, 7) is 3.65. The van der Waals surface area contributed by atoms with Crippen LogP contribution in [0.4, 0.5) is 13.2 Å². The van der Waals surface area contributed by atoms with Crippen molar-refractivity contribution >= 4 is 5.91 Å². The molecule has 1 amide bonds. The minimum absolute atomic E-state index is 0.0238. The lowest BCUT2D eigenvalue weighted by Crippen LogP contribution is -2.27. The van der Waals surface area contributed by atoms with Gasteiger partial charge in [0.1, 0.15) is 12.4 Å². The number of benzene rings is 1. The van der Waals surface area contributed by atoms with E-state index in [0.29, 0.717) is 22.7 Å². The van der Waals surface area contributed by atoms with Crippen molar-refractivity contribution in [3.8, 4) is 28.5 Å². The van der Waals surface area contributed by atoms with Gasteiger partial charge in [0.05, 0.1) is 17.0 Å². The van der Waals surface area contributed by atoms with E-state index in [1.165, 1.54) is 24.4 Å². The van der Waals surface area contributed by atoms with Crippen molar-refractivity contribution in [2.24, 2.45) is 5.92 Å². The third kappa shape index (κ3) is 6.61. The summed E-state index contributed by atoms with van der Waals surface area (Å²) in [5.41, 5.74) is -0.219. The number of amides is 1. The molecule has 0 atom stereocenters. The molecule has 2 N–H and O–H groups in total. The van der Waals surface area contributed by atoms with Gasteiger partial charge < -0.3 is 15.0 Å². The minimum Gasteiger partial charge on any atom is -0.471 e. The Morgan fingerprint density at radius 2 is 1.89 bits per heavy atom. The van der Waals surface area contributed by atoms with Crippen molar-refractivity contribution in [2.75, 3.05) is 0 Å². The van der Waals surface area contributed by atoms with Crippen molar-refractivity contribution in [3.63, 3.8) is 0 Å². The van der Waals surface area contributed by atoms with Gasteiger partial charge >= 0.3 is 6.18 Å². The van der Waals surface area contributed by atoms with Gasteiger partial charge in [-0.2, -0.15) is 13.2 Å². The van der Waals surface area contributed by atoms with E-state index < -0.39 is 17.3 Å². The molecular formula is C27H24F3N5O3. The van der Waals surface area contributed by atoms with Gasteiger partial charge in [-0.15, -0.1) is 0 Å². The lowest BCUT2D eigenvalue weighted by atomic mass is 10.0. The highest BCUT2D eigenvalue weighted by atomic mass is 19.4. The number of hydrogen-bond acceptors (Lipinski definition) is 6. The molecule has 0 radical (unpaired) electrons. The van der Waals surface area contributed by atoms with Crippen molar-refractivity contribution in [1.29, 1.82) is 0 Å². The summed E-state index contributed by atoms with van der Waals surface area (Å²) in [5.74, 6) is -0.466. The zero-order valence-electron chi connectivity index (χ0n) is 20.5. The maximum Gasteiger partial charge on any atom is 0.417 e. The number of aromatic nitrogens is 4. The van der Waals surface area contributed by atoms with Gasteiger partial charge in [-0.1, -0.05) is 26.0 Å². The SMILES string of the molecule is CC(C)C(=O)NCc1ccc(C(F)(F)F)c(-c2nc(-c3ccc(OCc4ccccn4)nc3)cc(=O)[nH]2)c1. The molecule has 11 heteroatoms. The molecule has 196 valence electrons. The number of halogens is 3. The summed E-state index contributed by atoms with van der Waals surface area (Å²) in [6, 6.07) is 13.2. The number of H-pyrrole nitrogens is 1. The predicted molar refractivity (Wildman–Crippen MR) is 134 cm³/mol. The second kappa shape index (κ2) is 11.2. The Kier molecular flexibility index (Phi) is 7.85. The van der Waals surface area contributed by atoms with Gasteiger partial charge in [0.25, 0.3) is 5.56 Å². The van der Waals surface area contributed by atoms with Crippen molar-refractivity contribution < 1.29 is 22.7 Å². The molecule has 0 bridgehead atoms. The summed E-state index contributed by atoms with van der Waals surface area (Å²) in [5, 5.41) is 2.67. The highest BCUT2D eigenvalue weighted by Gasteiger charge is 2.34. The van der Waals surface area contributed by atoms with Crippen molar-refractivity contribution in [2.45, 2.75) is 33.2 Å². The van der Waals surface area contributed by atoms with E-state index in [2.05, 4.69) is 25.3 Å². The van der Waals surface area contributed by atoms with Crippen LogP contribution in [0.1, 0.15) is 30.7 Å². The fourth-order valence-corrected chi connectivity index (χ4v) is 3.52.